The Morgan fingerprint density at radius 3 is 1.67 bits per heavy atom. The highest BCUT2D eigenvalue weighted by Gasteiger charge is 2.21. The van der Waals surface area contributed by atoms with Crippen LogP contribution in [0.3, 0.4) is 0 Å². The summed E-state index contributed by atoms with van der Waals surface area (Å²) in [4.78, 5) is 14.2. The fourth-order valence-electron chi connectivity index (χ4n) is 2.71. The predicted octanol–water partition coefficient (Wildman–Crippen LogP) is 4.06. The minimum atomic E-state index is -0.0228. The van der Waals surface area contributed by atoms with E-state index in [-0.39, 0.29) is 11.8 Å². The first-order valence-electron chi connectivity index (χ1n) is 7.53. The van der Waals surface area contributed by atoms with Crippen LogP contribution in [0.4, 0.5) is 0 Å². The van der Waals surface area contributed by atoms with Gasteiger partial charge in [-0.3, -0.25) is 9.69 Å². The van der Waals surface area contributed by atoms with Crippen LogP contribution in [0.5, 0.6) is 0 Å². The molecule has 0 fully saturated rings. The summed E-state index contributed by atoms with van der Waals surface area (Å²) in [7, 11) is 0. The van der Waals surface area contributed by atoms with E-state index in [0.29, 0.717) is 0 Å². The monoisotopic (exact) mass is 281 g/mol. The summed E-state index contributed by atoms with van der Waals surface area (Å²) in [5.74, 6) is 0.240. The highest BCUT2D eigenvalue weighted by molar-refractivity contribution is 5.81. The Labute approximate surface area is 127 Å². The van der Waals surface area contributed by atoms with E-state index in [0.717, 1.165) is 19.5 Å². The van der Waals surface area contributed by atoms with Gasteiger partial charge < -0.3 is 0 Å². The normalized spacial score (nSPS) is 12.3. The van der Waals surface area contributed by atoms with Crippen molar-refractivity contribution in [1.82, 2.24) is 4.90 Å². The Balaban J connectivity index is 2.19. The number of ketones is 1. The van der Waals surface area contributed by atoms with Crippen LogP contribution in [-0.2, 0) is 17.9 Å². The van der Waals surface area contributed by atoms with Crippen molar-refractivity contribution < 1.29 is 4.79 Å². The average molecular weight is 281 g/mol. The van der Waals surface area contributed by atoms with Gasteiger partial charge in [0.2, 0.25) is 0 Å². The van der Waals surface area contributed by atoms with Crippen LogP contribution in [0.2, 0.25) is 0 Å². The molecule has 1 atom stereocenters. The Kier molecular flexibility index (Phi) is 5.70. The zero-order valence-electron chi connectivity index (χ0n) is 12.8. The van der Waals surface area contributed by atoms with Gasteiger partial charge in [0.1, 0.15) is 5.78 Å². The molecule has 0 heterocycles. The van der Waals surface area contributed by atoms with Gasteiger partial charge in [-0.05, 0) is 24.5 Å². The highest BCUT2D eigenvalue weighted by atomic mass is 16.1. The van der Waals surface area contributed by atoms with Crippen molar-refractivity contribution in [2.24, 2.45) is 0 Å². The Morgan fingerprint density at radius 2 is 1.33 bits per heavy atom. The molecule has 2 heteroatoms. The molecule has 0 aliphatic rings. The zero-order valence-corrected chi connectivity index (χ0v) is 12.8. The van der Waals surface area contributed by atoms with E-state index >= 15 is 0 Å². The van der Waals surface area contributed by atoms with Crippen LogP contribution in [0.1, 0.15) is 31.4 Å². The fourth-order valence-corrected chi connectivity index (χ4v) is 2.71. The smallest absolute Gasteiger partial charge is 0.146 e. The van der Waals surface area contributed by atoms with E-state index in [2.05, 4.69) is 36.1 Å². The fraction of sp³-hybridized carbons (Fsp3) is 0.316. The Morgan fingerprint density at radius 1 is 0.905 bits per heavy atom. The number of Topliss-reactive ketones (excluding diaryl/α,β-unsaturated/α-hetero) is 1. The second-order valence-corrected chi connectivity index (χ2v) is 5.41. The maximum atomic E-state index is 12.0. The third kappa shape index (κ3) is 4.54. The number of benzene rings is 2. The van der Waals surface area contributed by atoms with Crippen LogP contribution in [-0.4, -0.2) is 16.7 Å². The summed E-state index contributed by atoms with van der Waals surface area (Å²) in [6, 6.07) is 20.7. The molecule has 2 nitrogen and oxygen atoms in total. The standard InChI is InChI=1S/C19H23NO/c1-3-19(16(2)21)20(14-17-10-6-4-7-11-17)15-18-12-8-5-9-13-18/h4-13,19H,3,14-15H2,1-2H3/t19-/m0/s1. The number of rotatable bonds is 7. The lowest BCUT2D eigenvalue weighted by Crippen LogP contribution is -2.38. The lowest BCUT2D eigenvalue weighted by atomic mass is 10.1. The molecule has 0 saturated carbocycles. The molecule has 2 aromatic rings. The van der Waals surface area contributed by atoms with Gasteiger partial charge in [-0.1, -0.05) is 67.6 Å². The largest absolute Gasteiger partial charge is 0.298 e. The second-order valence-electron chi connectivity index (χ2n) is 5.41. The molecule has 2 aromatic carbocycles. The lowest BCUT2D eigenvalue weighted by molar-refractivity contribution is -0.122. The summed E-state index contributed by atoms with van der Waals surface area (Å²) in [6.07, 6.45) is 0.842. The van der Waals surface area contributed by atoms with Crippen molar-refractivity contribution >= 4 is 5.78 Å². The molecule has 0 N–H and O–H groups in total. The van der Waals surface area contributed by atoms with Crippen molar-refractivity contribution in [3.8, 4) is 0 Å². The molecule has 0 bridgehead atoms. The number of hydrogen-bond donors (Lipinski definition) is 0. The number of carbonyl (C=O) groups is 1. The van der Waals surface area contributed by atoms with E-state index in [4.69, 9.17) is 0 Å². The molecule has 0 aliphatic carbocycles. The molecule has 0 aromatic heterocycles. The molecule has 0 aliphatic heterocycles. The van der Waals surface area contributed by atoms with Crippen molar-refractivity contribution in [3.63, 3.8) is 0 Å². The topological polar surface area (TPSA) is 20.3 Å². The number of hydrogen-bond acceptors (Lipinski definition) is 2. The molecule has 0 saturated heterocycles. The van der Waals surface area contributed by atoms with Gasteiger partial charge in [0.15, 0.2) is 0 Å². The molecule has 110 valence electrons. The molecule has 0 unspecified atom stereocenters. The summed E-state index contributed by atoms with van der Waals surface area (Å²) in [5.41, 5.74) is 2.49. The zero-order chi connectivity index (χ0) is 15.1. The van der Waals surface area contributed by atoms with Crippen LogP contribution in [0.15, 0.2) is 60.7 Å². The summed E-state index contributed by atoms with van der Waals surface area (Å²) >= 11 is 0. The third-order valence-electron chi connectivity index (χ3n) is 3.75. The SMILES string of the molecule is CC[C@@H](C(C)=O)N(Cc1ccccc1)Cc1ccccc1. The van der Waals surface area contributed by atoms with Crippen LogP contribution < -0.4 is 0 Å². The lowest BCUT2D eigenvalue weighted by Gasteiger charge is -2.29. The van der Waals surface area contributed by atoms with Crippen LogP contribution in [0, 0.1) is 0 Å². The van der Waals surface area contributed by atoms with Gasteiger partial charge in [-0.15, -0.1) is 0 Å². The van der Waals surface area contributed by atoms with Crippen LogP contribution >= 0.6 is 0 Å². The van der Waals surface area contributed by atoms with E-state index in [9.17, 15) is 4.79 Å². The molecule has 21 heavy (non-hydrogen) atoms. The van der Waals surface area contributed by atoms with Gasteiger partial charge >= 0.3 is 0 Å². The minimum absolute atomic E-state index is 0.0228. The van der Waals surface area contributed by atoms with Crippen LogP contribution in [0.25, 0.3) is 0 Å². The third-order valence-corrected chi connectivity index (χ3v) is 3.75. The first-order chi connectivity index (χ1) is 10.2. The second kappa shape index (κ2) is 7.75. The minimum Gasteiger partial charge on any atom is -0.298 e. The average Bonchev–Trinajstić information content (AvgIpc) is 2.49. The van der Waals surface area contributed by atoms with E-state index in [1.165, 1.54) is 11.1 Å². The Hall–Kier alpha value is -1.93. The first-order valence-corrected chi connectivity index (χ1v) is 7.53. The molecular formula is C19H23NO. The van der Waals surface area contributed by atoms with Crippen molar-refractivity contribution in [1.29, 1.82) is 0 Å². The number of nitrogens with zero attached hydrogens (tertiary/aromatic N) is 1. The van der Waals surface area contributed by atoms with Crippen molar-refractivity contribution in [2.75, 3.05) is 0 Å². The predicted molar refractivity (Wildman–Crippen MR) is 86.9 cm³/mol. The van der Waals surface area contributed by atoms with E-state index in [1.807, 2.05) is 36.4 Å². The van der Waals surface area contributed by atoms with Crippen molar-refractivity contribution in [2.45, 2.75) is 39.4 Å². The Bertz CT molecular complexity index is 509. The molecule has 0 amide bonds. The van der Waals surface area contributed by atoms with Gasteiger partial charge in [-0.2, -0.15) is 0 Å². The van der Waals surface area contributed by atoms with Gasteiger partial charge in [0.25, 0.3) is 0 Å². The quantitative estimate of drug-likeness (QED) is 0.763. The summed E-state index contributed by atoms with van der Waals surface area (Å²) in [6.45, 7) is 5.37. The van der Waals surface area contributed by atoms with E-state index in [1.54, 1.807) is 6.92 Å². The van der Waals surface area contributed by atoms with Crippen molar-refractivity contribution in [3.05, 3.63) is 71.8 Å². The maximum absolute atomic E-state index is 12.0. The highest BCUT2D eigenvalue weighted by Crippen LogP contribution is 2.16. The molecule has 2 rings (SSSR count). The molecule has 0 spiro atoms. The van der Waals surface area contributed by atoms with Gasteiger partial charge in [0, 0.05) is 13.1 Å². The maximum Gasteiger partial charge on any atom is 0.146 e. The first kappa shape index (κ1) is 15.5. The van der Waals surface area contributed by atoms with E-state index < -0.39 is 0 Å². The number of carbonyl (C=O) groups excluding carboxylic acids is 1. The summed E-state index contributed by atoms with van der Waals surface area (Å²) in [5, 5.41) is 0. The molecular weight excluding hydrogens is 258 g/mol. The van der Waals surface area contributed by atoms with Gasteiger partial charge in [0.05, 0.1) is 6.04 Å². The van der Waals surface area contributed by atoms with Gasteiger partial charge in [-0.25, -0.2) is 0 Å². The summed E-state index contributed by atoms with van der Waals surface area (Å²) < 4.78 is 0. The molecule has 0 radical (unpaired) electrons.